The van der Waals surface area contributed by atoms with Crippen LogP contribution in [-0.4, -0.2) is 49.7 Å². The molecule has 1 heterocycles. The normalized spacial score (nSPS) is 19.0. The zero-order valence-electron chi connectivity index (χ0n) is 10.5. The van der Waals surface area contributed by atoms with E-state index in [-0.39, 0.29) is 0 Å². The monoisotopic (exact) mass is 212 g/mol. The highest BCUT2D eigenvalue weighted by molar-refractivity contribution is 4.80. The molecule has 1 saturated heterocycles. The minimum absolute atomic E-state index is 0.659. The molecule has 89 valence electrons. The van der Waals surface area contributed by atoms with Crippen LogP contribution in [0.5, 0.6) is 0 Å². The van der Waals surface area contributed by atoms with E-state index in [2.05, 4.69) is 36.3 Å². The van der Waals surface area contributed by atoms with Gasteiger partial charge in [0, 0.05) is 38.3 Å². The molecule has 0 aliphatic carbocycles. The Kier molecular flexibility index (Phi) is 6.22. The first-order valence-electron chi connectivity index (χ1n) is 6.35. The molecule has 0 aromatic rings. The van der Waals surface area contributed by atoms with E-state index in [1.54, 1.807) is 0 Å². The zero-order valence-corrected chi connectivity index (χ0v) is 10.5. The van der Waals surface area contributed by atoms with Gasteiger partial charge >= 0.3 is 0 Å². The Morgan fingerprint density at radius 1 is 1.33 bits per heavy atom. The molecule has 0 saturated carbocycles. The second kappa shape index (κ2) is 7.20. The first-order valence-corrected chi connectivity index (χ1v) is 6.35. The molecule has 15 heavy (non-hydrogen) atoms. The summed E-state index contributed by atoms with van der Waals surface area (Å²) in [6.45, 7) is 12.3. The summed E-state index contributed by atoms with van der Waals surface area (Å²) in [5.41, 5.74) is 0. The van der Waals surface area contributed by atoms with E-state index in [9.17, 15) is 0 Å². The third kappa shape index (κ3) is 4.49. The van der Waals surface area contributed by atoms with Gasteiger partial charge in [-0.3, -0.25) is 4.90 Å². The second-order valence-corrected chi connectivity index (χ2v) is 4.59. The van der Waals surface area contributed by atoms with Gasteiger partial charge in [-0.15, -0.1) is 0 Å². The van der Waals surface area contributed by atoms with Crippen molar-refractivity contribution in [3.8, 4) is 0 Å². The quantitative estimate of drug-likeness (QED) is 0.668. The van der Waals surface area contributed by atoms with Gasteiger partial charge in [-0.1, -0.05) is 6.92 Å². The van der Waals surface area contributed by atoms with Gasteiger partial charge in [-0.25, -0.2) is 5.32 Å². The predicted octanol–water partition coefficient (Wildman–Crippen LogP) is 1.07. The van der Waals surface area contributed by atoms with Crippen LogP contribution in [0.1, 0.15) is 33.6 Å². The van der Waals surface area contributed by atoms with Crippen molar-refractivity contribution in [1.29, 1.82) is 0 Å². The molecule has 1 aliphatic rings. The molecule has 0 bridgehead atoms. The lowest BCUT2D eigenvalue weighted by Crippen LogP contribution is -2.47. The maximum absolute atomic E-state index is 4.42. The number of nitrogens with one attached hydrogen (secondary N) is 1. The van der Waals surface area contributed by atoms with Crippen molar-refractivity contribution in [2.45, 2.75) is 45.7 Å². The molecule has 0 amide bonds. The fraction of sp³-hybridized carbons (Fsp3) is 1.00. The van der Waals surface area contributed by atoms with Crippen molar-refractivity contribution in [2.75, 3.05) is 32.7 Å². The Morgan fingerprint density at radius 3 is 2.53 bits per heavy atom. The molecule has 1 radical (unpaired) electrons. The fourth-order valence-electron chi connectivity index (χ4n) is 2.32. The highest BCUT2D eigenvalue weighted by Crippen LogP contribution is 2.14. The molecule has 1 fully saturated rings. The number of nitrogens with zero attached hydrogens (tertiary/aromatic N) is 2. The number of hydrogen-bond donors (Lipinski definition) is 1. The number of rotatable bonds is 6. The molecule has 0 aromatic carbocycles. The van der Waals surface area contributed by atoms with Crippen LogP contribution in [0.15, 0.2) is 0 Å². The van der Waals surface area contributed by atoms with Crippen LogP contribution in [-0.2, 0) is 0 Å². The number of hydrogen-bond acceptors (Lipinski definition) is 2. The SMILES string of the molecule is CCNCCN(C(C)C)C1CC[N]CC1. The first kappa shape index (κ1) is 12.9. The van der Waals surface area contributed by atoms with E-state index in [4.69, 9.17) is 0 Å². The minimum atomic E-state index is 0.659. The largest absolute Gasteiger partial charge is 0.316 e. The van der Waals surface area contributed by atoms with Gasteiger partial charge in [0.1, 0.15) is 0 Å². The number of piperidine rings is 1. The molecule has 0 unspecified atom stereocenters. The summed E-state index contributed by atoms with van der Waals surface area (Å²) in [7, 11) is 0. The molecule has 3 nitrogen and oxygen atoms in total. The molecular formula is C12H26N3. The van der Waals surface area contributed by atoms with Crippen LogP contribution in [0, 0.1) is 0 Å². The van der Waals surface area contributed by atoms with Crippen molar-refractivity contribution < 1.29 is 0 Å². The summed E-state index contributed by atoms with van der Waals surface area (Å²) in [4.78, 5) is 2.64. The van der Waals surface area contributed by atoms with Crippen molar-refractivity contribution in [3.63, 3.8) is 0 Å². The van der Waals surface area contributed by atoms with Crippen LogP contribution in [0.2, 0.25) is 0 Å². The highest BCUT2D eigenvalue weighted by Gasteiger charge is 2.22. The lowest BCUT2D eigenvalue weighted by Gasteiger charge is -2.37. The van der Waals surface area contributed by atoms with E-state index < -0.39 is 0 Å². The molecule has 1 N–H and O–H groups in total. The summed E-state index contributed by atoms with van der Waals surface area (Å²) in [6, 6.07) is 1.42. The molecular weight excluding hydrogens is 186 g/mol. The summed E-state index contributed by atoms with van der Waals surface area (Å²) in [6.07, 6.45) is 2.51. The van der Waals surface area contributed by atoms with Gasteiger partial charge in [0.25, 0.3) is 0 Å². The Hall–Kier alpha value is -0.120. The van der Waals surface area contributed by atoms with Crippen LogP contribution in [0.25, 0.3) is 0 Å². The minimum Gasteiger partial charge on any atom is -0.316 e. The van der Waals surface area contributed by atoms with Crippen LogP contribution in [0.3, 0.4) is 0 Å². The molecule has 0 aromatic heterocycles. The first-order chi connectivity index (χ1) is 7.25. The van der Waals surface area contributed by atoms with Gasteiger partial charge in [-0.2, -0.15) is 0 Å². The molecule has 0 atom stereocenters. The average molecular weight is 212 g/mol. The van der Waals surface area contributed by atoms with Gasteiger partial charge in [0.15, 0.2) is 0 Å². The average Bonchev–Trinajstić information content (AvgIpc) is 2.25. The van der Waals surface area contributed by atoms with Crippen molar-refractivity contribution in [3.05, 3.63) is 0 Å². The summed E-state index contributed by atoms with van der Waals surface area (Å²) in [5, 5.41) is 7.83. The Balaban J connectivity index is 2.34. The van der Waals surface area contributed by atoms with Crippen LogP contribution >= 0.6 is 0 Å². The van der Waals surface area contributed by atoms with E-state index >= 15 is 0 Å². The molecule has 1 aliphatic heterocycles. The molecule has 1 rings (SSSR count). The second-order valence-electron chi connectivity index (χ2n) is 4.59. The maximum atomic E-state index is 4.42. The smallest absolute Gasteiger partial charge is 0.0148 e. The summed E-state index contributed by atoms with van der Waals surface area (Å²) < 4.78 is 0. The third-order valence-corrected chi connectivity index (χ3v) is 3.17. The fourth-order valence-corrected chi connectivity index (χ4v) is 2.32. The van der Waals surface area contributed by atoms with E-state index in [0.717, 1.165) is 32.2 Å². The van der Waals surface area contributed by atoms with E-state index in [1.165, 1.54) is 19.4 Å². The zero-order chi connectivity index (χ0) is 11.1. The maximum Gasteiger partial charge on any atom is 0.0148 e. The van der Waals surface area contributed by atoms with Crippen LogP contribution < -0.4 is 10.6 Å². The van der Waals surface area contributed by atoms with E-state index in [1.807, 2.05) is 0 Å². The predicted molar refractivity (Wildman–Crippen MR) is 65.3 cm³/mol. The highest BCUT2D eigenvalue weighted by atomic mass is 15.2. The van der Waals surface area contributed by atoms with Gasteiger partial charge in [0.05, 0.1) is 0 Å². The lowest BCUT2D eigenvalue weighted by atomic mass is 10.0. The third-order valence-electron chi connectivity index (χ3n) is 3.17. The summed E-state index contributed by atoms with van der Waals surface area (Å²) in [5.74, 6) is 0. The molecule has 0 spiro atoms. The van der Waals surface area contributed by atoms with Crippen molar-refractivity contribution in [1.82, 2.24) is 15.5 Å². The Bertz CT molecular complexity index is 153. The lowest BCUT2D eigenvalue weighted by molar-refractivity contribution is 0.126. The van der Waals surface area contributed by atoms with Gasteiger partial charge < -0.3 is 5.32 Å². The van der Waals surface area contributed by atoms with Crippen molar-refractivity contribution in [2.24, 2.45) is 0 Å². The molecule has 3 heteroatoms. The van der Waals surface area contributed by atoms with E-state index in [0.29, 0.717) is 6.04 Å². The van der Waals surface area contributed by atoms with Gasteiger partial charge in [0.2, 0.25) is 0 Å². The Labute approximate surface area is 94.6 Å². The van der Waals surface area contributed by atoms with Crippen LogP contribution in [0.4, 0.5) is 0 Å². The van der Waals surface area contributed by atoms with Gasteiger partial charge in [-0.05, 0) is 33.2 Å². The Morgan fingerprint density at radius 2 is 2.00 bits per heavy atom. The summed E-state index contributed by atoms with van der Waals surface area (Å²) >= 11 is 0. The standard InChI is InChI=1S/C12H26N3/c1-4-13-9-10-15(11(2)3)12-5-7-14-8-6-12/h11-13H,4-10H2,1-3H3. The van der Waals surface area contributed by atoms with Crippen molar-refractivity contribution >= 4 is 0 Å². The topological polar surface area (TPSA) is 29.4 Å². The number of likely N-dealkylation sites (N-methyl/N-ethyl adjacent to an activating group) is 1.